The number of rotatable bonds is 6. The number of hydrogen-bond acceptors (Lipinski definition) is 5. The van der Waals surface area contributed by atoms with Gasteiger partial charge in [0.15, 0.2) is 0 Å². The van der Waals surface area contributed by atoms with Crippen LogP contribution in [0.5, 0.6) is 0 Å². The SMILES string of the molecule is C[C@]1(c2ccccc2)C[C@@]1(NS(=O)(=O)c1ccc(-c2ccc(F)cn2)s1)C(=O)O. The molecule has 29 heavy (non-hydrogen) atoms. The summed E-state index contributed by atoms with van der Waals surface area (Å²) >= 11 is 0.947. The van der Waals surface area contributed by atoms with Crippen molar-refractivity contribution < 1.29 is 22.7 Å². The number of aliphatic carboxylic acids is 1. The third-order valence-electron chi connectivity index (χ3n) is 5.35. The zero-order chi connectivity index (χ0) is 20.9. The Balaban J connectivity index is 1.65. The van der Waals surface area contributed by atoms with Gasteiger partial charge in [0, 0.05) is 5.41 Å². The molecule has 2 heterocycles. The fourth-order valence-electron chi connectivity index (χ4n) is 3.55. The molecule has 150 valence electrons. The largest absolute Gasteiger partial charge is 0.480 e. The van der Waals surface area contributed by atoms with Crippen molar-refractivity contribution in [1.82, 2.24) is 9.71 Å². The molecule has 2 aromatic heterocycles. The molecule has 1 aromatic carbocycles. The Morgan fingerprint density at radius 2 is 1.90 bits per heavy atom. The molecule has 2 atom stereocenters. The van der Waals surface area contributed by atoms with Crippen LogP contribution < -0.4 is 4.72 Å². The number of carboxylic acids is 1. The van der Waals surface area contributed by atoms with Crippen LogP contribution in [0.3, 0.4) is 0 Å². The molecule has 1 saturated carbocycles. The lowest BCUT2D eigenvalue weighted by molar-refractivity contribution is -0.140. The minimum absolute atomic E-state index is 0.0263. The van der Waals surface area contributed by atoms with Crippen molar-refractivity contribution in [3.63, 3.8) is 0 Å². The summed E-state index contributed by atoms with van der Waals surface area (Å²) in [5, 5.41) is 9.85. The Bertz CT molecular complexity index is 1180. The standard InChI is InChI=1S/C20H17FN2O4S2/c1-19(13-5-3-2-4-6-13)12-20(19,18(24)25)23-29(26,27)17-10-9-16(28-17)15-8-7-14(21)11-22-15/h2-11,23H,12H2,1H3,(H,24,25)/t19-,20-/m1/s1. The topological polar surface area (TPSA) is 96.4 Å². The van der Waals surface area contributed by atoms with Crippen molar-refractivity contribution in [3.05, 3.63) is 72.2 Å². The molecule has 1 fully saturated rings. The van der Waals surface area contributed by atoms with E-state index in [0.717, 1.165) is 23.1 Å². The van der Waals surface area contributed by atoms with E-state index in [-0.39, 0.29) is 10.6 Å². The number of thiophene rings is 1. The highest BCUT2D eigenvalue weighted by atomic mass is 32.2. The van der Waals surface area contributed by atoms with Gasteiger partial charge in [-0.15, -0.1) is 11.3 Å². The highest BCUT2D eigenvalue weighted by Crippen LogP contribution is 2.58. The van der Waals surface area contributed by atoms with Gasteiger partial charge in [-0.25, -0.2) is 12.8 Å². The Hall–Kier alpha value is -2.62. The molecule has 0 amide bonds. The monoisotopic (exact) mass is 432 g/mol. The maximum absolute atomic E-state index is 13.1. The molecule has 0 radical (unpaired) electrons. The highest BCUT2D eigenvalue weighted by Gasteiger charge is 2.72. The number of halogens is 1. The van der Waals surface area contributed by atoms with Gasteiger partial charge in [0.1, 0.15) is 15.6 Å². The summed E-state index contributed by atoms with van der Waals surface area (Å²) in [7, 11) is -4.09. The first-order valence-corrected chi connectivity index (χ1v) is 11.0. The smallest absolute Gasteiger partial charge is 0.325 e. The second-order valence-corrected chi connectivity index (χ2v) is 10.2. The average molecular weight is 432 g/mol. The van der Waals surface area contributed by atoms with Crippen molar-refractivity contribution in [1.29, 1.82) is 0 Å². The van der Waals surface area contributed by atoms with Crippen LogP contribution in [0.1, 0.15) is 18.9 Å². The first kappa shape index (κ1) is 19.7. The van der Waals surface area contributed by atoms with E-state index in [0.29, 0.717) is 10.6 Å². The van der Waals surface area contributed by atoms with Gasteiger partial charge >= 0.3 is 5.97 Å². The molecule has 3 aromatic rings. The second kappa shape index (κ2) is 6.72. The summed E-state index contributed by atoms with van der Waals surface area (Å²) in [6.45, 7) is 1.74. The Labute approximate surface area is 171 Å². The normalized spacial score (nSPS) is 23.7. The molecule has 0 bridgehead atoms. The van der Waals surface area contributed by atoms with E-state index in [4.69, 9.17) is 0 Å². The summed E-state index contributed by atoms with van der Waals surface area (Å²) < 4.78 is 41.4. The lowest BCUT2D eigenvalue weighted by atomic mass is 9.93. The lowest BCUT2D eigenvalue weighted by Crippen LogP contribution is -2.47. The van der Waals surface area contributed by atoms with E-state index in [1.807, 2.05) is 6.07 Å². The number of carbonyl (C=O) groups is 1. The van der Waals surface area contributed by atoms with Crippen molar-refractivity contribution in [3.8, 4) is 10.6 Å². The minimum Gasteiger partial charge on any atom is -0.480 e. The van der Waals surface area contributed by atoms with Crippen LogP contribution in [0.25, 0.3) is 10.6 Å². The number of carboxylic acid groups (broad SMARTS) is 1. The van der Waals surface area contributed by atoms with E-state index in [1.54, 1.807) is 37.3 Å². The molecule has 9 heteroatoms. The van der Waals surface area contributed by atoms with Gasteiger partial charge in [-0.2, -0.15) is 4.72 Å². The Morgan fingerprint density at radius 1 is 1.17 bits per heavy atom. The summed E-state index contributed by atoms with van der Waals surface area (Å²) in [6.07, 6.45) is 1.20. The van der Waals surface area contributed by atoms with Crippen LogP contribution in [0.2, 0.25) is 0 Å². The van der Waals surface area contributed by atoms with Crippen LogP contribution in [0, 0.1) is 5.82 Å². The summed E-state index contributed by atoms with van der Waals surface area (Å²) in [6, 6.07) is 14.6. The minimum atomic E-state index is -4.09. The molecule has 6 nitrogen and oxygen atoms in total. The van der Waals surface area contributed by atoms with E-state index < -0.39 is 32.8 Å². The molecule has 4 rings (SSSR count). The number of aromatic nitrogens is 1. The van der Waals surface area contributed by atoms with Gasteiger partial charge in [0.2, 0.25) is 0 Å². The van der Waals surface area contributed by atoms with Crippen molar-refractivity contribution in [2.24, 2.45) is 0 Å². The first-order valence-electron chi connectivity index (χ1n) is 8.73. The summed E-state index contributed by atoms with van der Waals surface area (Å²) in [5.74, 6) is -1.71. The number of nitrogens with zero attached hydrogens (tertiary/aromatic N) is 1. The fraction of sp³-hybridized carbons (Fsp3) is 0.200. The van der Waals surface area contributed by atoms with Crippen molar-refractivity contribution >= 4 is 27.3 Å². The predicted octanol–water partition coefficient (Wildman–Crippen LogP) is 3.41. The molecule has 0 unspecified atom stereocenters. The van der Waals surface area contributed by atoms with Crippen LogP contribution in [0.15, 0.2) is 65.0 Å². The predicted molar refractivity (Wildman–Crippen MR) is 107 cm³/mol. The Kier molecular flexibility index (Phi) is 4.56. The van der Waals surface area contributed by atoms with E-state index in [1.165, 1.54) is 18.2 Å². The van der Waals surface area contributed by atoms with Crippen LogP contribution in [0.4, 0.5) is 4.39 Å². The van der Waals surface area contributed by atoms with Gasteiger partial charge in [-0.3, -0.25) is 9.78 Å². The van der Waals surface area contributed by atoms with Gasteiger partial charge < -0.3 is 5.11 Å². The number of nitrogens with one attached hydrogen (secondary N) is 1. The van der Waals surface area contributed by atoms with E-state index in [2.05, 4.69) is 9.71 Å². The molecular formula is C20H17FN2O4S2. The number of hydrogen-bond donors (Lipinski definition) is 2. The number of sulfonamides is 1. The summed E-state index contributed by atoms with van der Waals surface area (Å²) in [4.78, 5) is 16.6. The highest BCUT2D eigenvalue weighted by molar-refractivity contribution is 7.91. The van der Waals surface area contributed by atoms with Gasteiger partial charge in [-0.1, -0.05) is 37.3 Å². The van der Waals surface area contributed by atoms with Crippen molar-refractivity contribution in [2.75, 3.05) is 0 Å². The molecule has 2 N–H and O–H groups in total. The van der Waals surface area contributed by atoms with Crippen LogP contribution >= 0.6 is 11.3 Å². The third-order valence-corrected chi connectivity index (χ3v) is 8.44. The number of benzene rings is 1. The van der Waals surface area contributed by atoms with Gasteiger partial charge in [0.05, 0.1) is 16.8 Å². The quantitative estimate of drug-likeness (QED) is 0.622. The van der Waals surface area contributed by atoms with Crippen LogP contribution in [-0.2, 0) is 20.2 Å². The second-order valence-electron chi connectivity index (χ2n) is 7.17. The lowest BCUT2D eigenvalue weighted by Gasteiger charge is -2.20. The fourth-order valence-corrected chi connectivity index (χ4v) is 6.29. The zero-order valence-electron chi connectivity index (χ0n) is 15.3. The third kappa shape index (κ3) is 3.25. The van der Waals surface area contributed by atoms with Crippen LogP contribution in [-0.4, -0.2) is 30.0 Å². The first-order chi connectivity index (χ1) is 13.7. The molecule has 0 saturated heterocycles. The molecule has 1 aliphatic rings. The maximum Gasteiger partial charge on any atom is 0.325 e. The molecule has 0 aliphatic heterocycles. The van der Waals surface area contributed by atoms with Gasteiger partial charge in [-0.05, 0) is 36.2 Å². The van der Waals surface area contributed by atoms with E-state index in [9.17, 15) is 22.7 Å². The maximum atomic E-state index is 13.1. The molecule has 0 spiro atoms. The molecule has 1 aliphatic carbocycles. The summed E-state index contributed by atoms with van der Waals surface area (Å²) in [5.41, 5.74) is -1.28. The zero-order valence-corrected chi connectivity index (χ0v) is 16.9. The average Bonchev–Trinajstić information content (AvgIpc) is 3.05. The molecular weight excluding hydrogens is 415 g/mol. The van der Waals surface area contributed by atoms with Crippen molar-refractivity contribution in [2.45, 2.75) is 28.5 Å². The number of pyridine rings is 1. The van der Waals surface area contributed by atoms with E-state index >= 15 is 0 Å². The Morgan fingerprint density at radius 3 is 2.52 bits per heavy atom. The van der Waals surface area contributed by atoms with Gasteiger partial charge in [0.25, 0.3) is 10.0 Å².